The number of amides is 1. The van der Waals surface area contributed by atoms with E-state index in [1.165, 1.54) is 11.1 Å². The van der Waals surface area contributed by atoms with Gasteiger partial charge in [0.2, 0.25) is 6.54 Å². The maximum absolute atomic E-state index is 12.3. The van der Waals surface area contributed by atoms with Crippen LogP contribution >= 0.6 is 0 Å². The van der Waals surface area contributed by atoms with Crippen LogP contribution in [-0.2, 0) is 17.8 Å². The van der Waals surface area contributed by atoms with Gasteiger partial charge in [-0.2, -0.15) is 4.57 Å². The lowest BCUT2D eigenvalue weighted by atomic mass is 9.97. The van der Waals surface area contributed by atoms with Crippen molar-refractivity contribution in [3.8, 4) is 0 Å². The smallest absolute Gasteiger partial charge is 0.290 e. The molecular weight excluding hydrogens is 284 g/mol. The molecule has 3 nitrogen and oxygen atoms in total. The van der Waals surface area contributed by atoms with Crippen LogP contribution in [-0.4, -0.2) is 5.91 Å². The summed E-state index contributed by atoms with van der Waals surface area (Å²) in [6.45, 7) is 6.85. The highest BCUT2D eigenvalue weighted by molar-refractivity contribution is 5.90. The van der Waals surface area contributed by atoms with Crippen molar-refractivity contribution in [1.82, 2.24) is 0 Å². The highest BCUT2D eigenvalue weighted by Crippen LogP contribution is 2.26. The summed E-state index contributed by atoms with van der Waals surface area (Å²) in [5.41, 5.74) is 3.44. The Kier molecular flexibility index (Phi) is 6.33. The average molecular weight is 311 g/mol. The summed E-state index contributed by atoms with van der Waals surface area (Å²) in [5.74, 6) is 0.446. The van der Waals surface area contributed by atoms with Gasteiger partial charge in [-0.05, 0) is 36.0 Å². The Morgan fingerprint density at radius 1 is 1.13 bits per heavy atom. The Morgan fingerprint density at radius 3 is 2.48 bits per heavy atom. The van der Waals surface area contributed by atoms with Gasteiger partial charge in [-0.25, -0.2) is 0 Å². The lowest BCUT2D eigenvalue weighted by Crippen LogP contribution is -2.39. The van der Waals surface area contributed by atoms with Gasteiger partial charge in [-0.1, -0.05) is 45.4 Å². The van der Waals surface area contributed by atoms with Crippen LogP contribution in [0, 0.1) is 0 Å². The molecule has 0 saturated heterocycles. The molecule has 0 bridgehead atoms. The zero-order valence-electron chi connectivity index (χ0n) is 14.4. The minimum absolute atomic E-state index is 0.00833. The van der Waals surface area contributed by atoms with E-state index in [2.05, 4.69) is 44.3 Å². The Labute approximate surface area is 139 Å². The maximum atomic E-state index is 12.3. The summed E-state index contributed by atoms with van der Waals surface area (Å²) in [7, 11) is 0. The summed E-state index contributed by atoms with van der Waals surface area (Å²) in [4.78, 5) is 12.3. The number of nitrogens with zero attached hydrogens (tertiary/aromatic N) is 1. The van der Waals surface area contributed by atoms with Gasteiger partial charge in [0.15, 0.2) is 12.4 Å². The standard InChI is InChI=1S/C20H26N2O/c1-4-8-17-11-13-22(14-12-17)15-20(23)21-19-10-7-6-9-18(19)16(3)5-2/h6-7,9-14,16H,4-5,8,15H2,1-3H3/p+1/t16-/m1/s1. The average Bonchev–Trinajstić information content (AvgIpc) is 2.56. The highest BCUT2D eigenvalue weighted by Gasteiger charge is 2.13. The van der Waals surface area contributed by atoms with E-state index in [-0.39, 0.29) is 5.91 Å². The number of carbonyl (C=O) groups excluding carboxylic acids is 1. The second-order valence-electron chi connectivity index (χ2n) is 6.07. The second-order valence-corrected chi connectivity index (χ2v) is 6.07. The van der Waals surface area contributed by atoms with E-state index in [1.54, 1.807) is 0 Å². The summed E-state index contributed by atoms with van der Waals surface area (Å²) in [6.07, 6.45) is 7.23. The molecule has 0 aliphatic carbocycles. The predicted octanol–water partition coefficient (Wildman–Crippen LogP) is 4.08. The van der Waals surface area contributed by atoms with Gasteiger partial charge in [0.25, 0.3) is 5.91 Å². The number of anilines is 1. The molecule has 1 aromatic carbocycles. The molecule has 3 heteroatoms. The van der Waals surface area contributed by atoms with Crippen LogP contribution in [0.25, 0.3) is 0 Å². The topological polar surface area (TPSA) is 33.0 Å². The van der Waals surface area contributed by atoms with Crippen molar-refractivity contribution in [2.75, 3.05) is 5.32 Å². The van der Waals surface area contributed by atoms with Crippen molar-refractivity contribution < 1.29 is 9.36 Å². The zero-order valence-corrected chi connectivity index (χ0v) is 14.4. The molecule has 1 heterocycles. The van der Waals surface area contributed by atoms with Crippen LogP contribution in [0.5, 0.6) is 0 Å². The second kappa shape index (κ2) is 8.47. The first-order valence-corrected chi connectivity index (χ1v) is 8.50. The fourth-order valence-corrected chi connectivity index (χ4v) is 2.66. The number of aromatic nitrogens is 1. The van der Waals surface area contributed by atoms with Crippen LogP contribution < -0.4 is 9.88 Å². The Hall–Kier alpha value is -2.16. The Bertz CT molecular complexity index is 634. The summed E-state index contributed by atoms with van der Waals surface area (Å²) in [5, 5.41) is 3.05. The number of carbonyl (C=O) groups is 1. The largest absolute Gasteiger partial charge is 0.320 e. The van der Waals surface area contributed by atoms with Gasteiger partial charge in [0, 0.05) is 17.8 Å². The number of para-hydroxylation sites is 1. The van der Waals surface area contributed by atoms with Gasteiger partial charge in [0.1, 0.15) is 0 Å². The van der Waals surface area contributed by atoms with Crippen LogP contribution in [0.2, 0.25) is 0 Å². The monoisotopic (exact) mass is 311 g/mol. The van der Waals surface area contributed by atoms with E-state index in [1.807, 2.05) is 35.2 Å². The van der Waals surface area contributed by atoms with Gasteiger partial charge < -0.3 is 5.32 Å². The lowest BCUT2D eigenvalue weighted by molar-refractivity contribution is -0.684. The van der Waals surface area contributed by atoms with Crippen LogP contribution in [0.1, 0.15) is 50.7 Å². The predicted molar refractivity (Wildman–Crippen MR) is 94.4 cm³/mol. The van der Waals surface area contributed by atoms with Crippen molar-refractivity contribution in [2.24, 2.45) is 0 Å². The lowest BCUT2D eigenvalue weighted by Gasteiger charge is -2.15. The molecule has 0 unspecified atom stereocenters. The van der Waals surface area contributed by atoms with E-state index >= 15 is 0 Å². The molecule has 2 aromatic rings. The summed E-state index contributed by atoms with van der Waals surface area (Å²) < 4.78 is 1.92. The molecule has 1 N–H and O–H groups in total. The zero-order chi connectivity index (χ0) is 16.7. The first-order valence-electron chi connectivity index (χ1n) is 8.50. The summed E-state index contributed by atoms with van der Waals surface area (Å²) in [6, 6.07) is 12.2. The molecule has 0 aliphatic rings. The van der Waals surface area contributed by atoms with Crippen molar-refractivity contribution in [3.05, 3.63) is 59.9 Å². The van der Waals surface area contributed by atoms with Crippen LogP contribution in [0.4, 0.5) is 5.69 Å². The number of hydrogen-bond acceptors (Lipinski definition) is 1. The minimum atomic E-state index is 0.00833. The molecular formula is C20H27N2O+. The molecule has 0 spiro atoms. The molecule has 0 aliphatic heterocycles. The van der Waals surface area contributed by atoms with Crippen molar-refractivity contribution in [1.29, 1.82) is 0 Å². The first kappa shape index (κ1) is 17.2. The molecule has 2 rings (SSSR count). The third-order valence-corrected chi connectivity index (χ3v) is 4.20. The maximum Gasteiger partial charge on any atom is 0.290 e. The molecule has 1 aromatic heterocycles. The SMILES string of the molecule is CCCc1cc[n+](CC(=O)Nc2ccccc2[C@H](C)CC)cc1. The molecule has 23 heavy (non-hydrogen) atoms. The van der Waals surface area contributed by atoms with Crippen molar-refractivity contribution in [3.63, 3.8) is 0 Å². The fraction of sp³-hybridized carbons (Fsp3) is 0.400. The van der Waals surface area contributed by atoms with Gasteiger partial charge >= 0.3 is 0 Å². The number of benzene rings is 1. The molecule has 1 atom stereocenters. The molecule has 0 fully saturated rings. The highest BCUT2D eigenvalue weighted by atomic mass is 16.1. The van der Waals surface area contributed by atoms with E-state index in [9.17, 15) is 4.79 Å². The molecule has 0 saturated carbocycles. The van der Waals surface area contributed by atoms with E-state index in [4.69, 9.17) is 0 Å². The van der Waals surface area contributed by atoms with Gasteiger partial charge in [-0.3, -0.25) is 4.79 Å². The number of aryl methyl sites for hydroxylation is 1. The third-order valence-electron chi connectivity index (χ3n) is 4.20. The van der Waals surface area contributed by atoms with Crippen molar-refractivity contribution in [2.45, 2.75) is 52.5 Å². The van der Waals surface area contributed by atoms with Crippen LogP contribution in [0.3, 0.4) is 0 Å². The molecule has 1 amide bonds. The Morgan fingerprint density at radius 2 is 1.83 bits per heavy atom. The number of pyridine rings is 1. The van der Waals surface area contributed by atoms with E-state index in [0.29, 0.717) is 12.5 Å². The van der Waals surface area contributed by atoms with Crippen LogP contribution in [0.15, 0.2) is 48.8 Å². The molecule has 122 valence electrons. The number of nitrogens with one attached hydrogen (secondary N) is 1. The van der Waals surface area contributed by atoms with Crippen molar-refractivity contribution >= 4 is 11.6 Å². The van der Waals surface area contributed by atoms with Gasteiger partial charge in [-0.15, -0.1) is 0 Å². The first-order chi connectivity index (χ1) is 11.1. The summed E-state index contributed by atoms with van der Waals surface area (Å²) >= 11 is 0. The Balaban J connectivity index is 2.02. The minimum Gasteiger partial charge on any atom is -0.320 e. The number of hydrogen-bond donors (Lipinski definition) is 1. The molecule has 0 radical (unpaired) electrons. The normalized spacial score (nSPS) is 12.0. The number of rotatable bonds is 7. The quantitative estimate of drug-likeness (QED) is 0.768. The van der Waals surface area contributed by atoms with Gasteiger partial charge in [0.05, 0.1) is 0 Å². The van der Waals surface area contributed by atoms with E-state index in [0.717, 1.165) is 24.9 Å². The van der Waals surface area contributed by atoms with E-state index < -0.39 is 0 Å². The fourth-order valence-electron chi connectivity index (χ4n) is 2.66. The third kappa shape index (κ3) is 4.92.